The van der Waals surface area contributed by atoms with Gasteiger partial charge in [-0.1, -0.05) is 12.1 Å². The molecule has 1 atom stereocenters. The molecule has 0 radical (unpaired) electrons. The van der Waals surface area contributed by atoms with Gasteiger partial charge in [-0.3, -0.25) is 14.7 Å². The van der Waals surface area contributed by atoms with Gasteiger partial charge < -0.3 is 9.64 Å². The fourth-order valence-electron chi connectivity index (χ4n) is 3.04. The van der Waals surface area contributed by atoms with Gasteiger partial charge in [-0.05, 0) is 29.8 Å². The summed E-state index contributed by atoms with van der Waals surface area (Å²) in [4.78, 5) is 20.4. The largest absolute Gasteiger partial charge is 0.497 e. The Labute approximate surface area is 147 Å². The number of methoxy groups -OCH3 is 1. The van der Waals surface area contributed by atoms with Crippen molar-refractivity contribution in [1.82, 2.24) is 14.8 Å². The summed E-state index contributed by atoms with van der Waals surface area (Å²) >= 11 is 0. The number of pyridine rings is 1. The van der Waals surface area contributed by atoms with Crippen LogP contribution in [-0.4, -0.2) is 54.0 Å². The van der Waals surface area contributed by atoms with Crippen LogP contribution < -0.4 is 4.74 Å². The van der Waals surface area contributed by atoms with Crippen LogP contribution in [0.2, 0.25) is 0 Å². The number of hydrogen-bond donors (Lipinski definition) is 0. The van der Waals surface area contributed by atoms with Gasteiger partial charge in [0.15, 0.2) is 0 Å². The molecule has 1 amide bonds. The topological polar surface area (TPSA) is 69.5 Å². The van der Waals surface area contributed by atoms with Gasteiger partial charge in [-0.15, -0.1) is 0 Å². The summed E-state index contributed by atoms with van der Waals surface area (Å²) in [5.41, 5.74) is 1.56. The molecule has 1 aromatic heterocycles. The second kappa shape index (κ2) is 7.77. The number of hydrogen-bond acceptors (Lipinski definition) is 5. The van der Waals surface area contributed by atoms with Crippen LogP contribution in [0.3, 0.4) is 0 Å². The predicted molar refractivity (Wildman–Crippen MR) is 93.1 cm³/mol. The lowest BCUT2D eigenvalue weighted by atomic mass is 10.0. The number of benzene rings is 1. The first kappa shape index (κ1) is 16.9. The Hall–Kier alpha value is -2.91. The van der Waals surface area contributed by atoms with Crippen molar-refractivity contribution in [3.63, 3.8) is 0 Å². The number of aromatic nitrogens is 1. The predicted octanol–water partition coefficient (Wildman–Crippen LogP) is 2.11. The Morgan fingerprint density at radius 3 is 2.56 bits per heavy atom. The number of ether oxygens (including phenoxy) is 1. The van der Waals surface area contributed by atoms with Crippen molar-refractivity contribution < 1.29 is 9.53 Å². The molecule has 3 rings (SSSR count). The van der Waals surface area contributed by atoms with Crippen LogP contribution in [0.25, 0.3) is 0 Å². The molecular weight excluding hydrogens is 316 g/mol. The second-order valence-electron chi connectivity index (χ2n) is 5.87. The van der Waals surface area contributed by atoms with Crippen LogP contribution in [0.4, 0.5) is 0 Å². The monoisotopic (exact) mass is 336 g/mol. The highest BCUT2D eigenvalue weighted by Gasteiger charge is 2.27. The van der Waals surface area contributed by atoms with Crippen LogP contribution in [0, 0.1) is 11.3 Å². The van der Waals surface area contributed by atoms with E-state index in [0.29, 0.717) is 31.7 Å². The van der Waals surface area contributed by atoms with Crippen LogP contribution in [0.1, 0.15) is 22.0 Å². The highest BCUT2D eigenvalue weighted by atomic mass is 16.5. The molecule has 6 heteroatoms. The van der Waals surface area contributed by atoms with E-state index in [9.17, 15) is 10.1 Å². The zero-order valence-corrected chi connectivity index (χ0v) is 14.1. The van der Waals surface area contributed by atoms with Crippen LogP contribution in [-0.2, 0) is 0 Å². The highest BCUT2D eigenvalue weighted by Crippen LogP contribution is 2.25. The summed E-state index contributed by atoms with van der Waals surface area (Å²) in [7, 11) is 1.62. The first-order valence-corrected chi connectivity index (χ1v) is 8.20. The molecule has 1 aliphatic heterocycles. The molecule has 25 heavy (non-hydrogen) atoms. The second-order valence-corrected chi connectivity index (χ2v) is 5.87. The van der Waals surface area contributed by atoms with E-state index < -0.39 is 0 Å². The summed E-state index contributed by atoms with van der Waals surface area (Å²) in [5.74, 6) is 0.751. The van der Waals surface area contributed by atoms with Crippen molar-refractivity contribution in [3.8, 4) is 11.8 Å². The minimum absolute atomic E-state index is 0.0111. The number of rotatable bonds is 4. The van der Waals surface area contributed by atoms with E-state index in [1.165, 1.54) is 0 Å². The van der Waals surface area contributed by atoms with Crippen LogP contribution in [0.15, 0.2) is 48.8 Å². The van der Waals surface area contributed by atoms with E-state index in [4.69, 9.17) is 4.74 Å². The molecule has 0 N–H and O–H groups in total. The quantitative estimate of drug-likeness (QED) is 0.855. The van der Waals surface area contributed by atoms with E-state index in [-0.39, 0.29) is 11.9 Å². The summed E-state index contributed by atoms with van der Waals surface area (Å²) in [6.07, 6.45) is 3.25. The molecule has 0 aliphatic carbocycles. The maximum Gasteiger partial charge on any atom is 0.254 e. The van der Waals surface area contributed by atoms with Gasteiger partial charge in [-0.25, -0.2) is 0 Å². The Morgan fingerprint density at radius 2 is 1.92 bits per heavy atom. The number of carbonyl (C=O) groups is 1. The third-order valence-electron chi connectivity index (χ3n) is 4.43. The third kappa shape index (κ3) is 3.78. The zero-order valence-electron chi connectivity index (χ0n) is 14.1. The lowest BCUT2D eigenvalue weighted by molar-refractivity contribution is 0.0606. The number of amides is 1. The summed E-state index contributed by atoms with van der Waals surface area (Å²) in [5, 5.41) is 9.63. The van der Waals surface area contributed by atoms with E-state index in [1.54, 1.807) is 31.6 Å². The van der Waals surface area contributed by atoms with Gasteiger partial charge in [0.25, 0.3) is 5.91 Å². The minimum Gasteiger partial charge on any atom is -0.497 e. The molecule has 1 aliphatic rings. The van der Waals surface area contributed by atoms with E-state index in [1.807, 2.05) is 29.2 Å². The molecule has 1 unspecified atom stereocenters. The normalized spacial score (nSPS) is 16.1. The number of carbonyl (C=O) groups excluding carboxylic acids is 1. The van der Waals surface area contributed by atoms with Crippen molar-refractivity contribution in [3.05, 3.63) is 59.9 Å². The fourth-order valence-corrected chi connectivity index (χ4v) is 3.04. The molecule has 1 saturated heterocycles. The van der Waals surface area contributed by atoms with Crippen LogP contribution >= 0.6 is 0 Å². The van der Waals surface area contributed by atoms with Crippen molar-refractivity contribution in [1.29, 1.82) is 5.26 Å². The Balaban J connectivity index is 1.66. The first-order chi connectivity index (χ1) is 12.2. The number of piperazine rings is 1. The zero-order chi connectivity index (χ0) is 17.6. The maximum atomic E-state index is 12.5. The van der Waals surface area contributed by atoms with Crippen molar-refractivity contribution in [2.24, 2.45) is 0 Å². The molecular formula is C19H20N4O2. The Kier molecular flexibility index (Phi) is 5.26. The minimum atomic E-state index is -0.340. The SMILES string of the molecule is COc1cccc(C(C#N)N2CCN(C(=O)c3ccncc3)CC2)c1. The van der Waals surface area contributed by atoms with Crippen molar-refractivity contribution in [2.45, 2.75) is 6.04 Å². The summed E-state index contributed by atoms with van der Waals surface area (Å²) in [6, 6.07) is 13.1. The van der Waals surface area contributed by atoms with Gasteiger partial charge in [0, 0.05) is 44.1 Å². The van der Waals surface area contributed by atoms with E-state index >= 15 is 0 Å². The smallest absolute Gasteiger partial charge is 0.254 e. The number of nitriles is 1. The number of nitrogens with zero attached hydrogens (tertiary/aromatic N) is 4. The maximum absolute atomic E-state index is 12.5. The molecule has 0 saturated carbocycles. The molecule has 128 valence electrons. The average Bonchev–Trinajstić information content (AvgIpc) is 2.69. The van der Waals surface area contributed by atoms with Gasteiger partial charge in [0.05, 0.1) is 13.2 Å². The molecule has 1 aromatic carbocycles. The van der Waals surface area contributed by atoms with E-state index in [0.717, 1.165) is 11.3 Å². The first-order valence-electron chi connectivity index (χ1n) is 8.20. The van der Waals surface area contributed by atoms with Gasteiger partial charge >= 0.3 is 0 Å². The molecule has 1 fully saturated rings. The average molecular weight is 336 g/mol. The van der Waals surface area contributed by atoms with Gasteiger partial charge in [-0.2, -0.15) is 5.26 Å². The lowest BCUT2D eigenvalue weighted by Gasteiger charge is -2.37. The fraction of sp³-hybridized carbons (Fsp3) is 0.316. The summed E-state index contributed by atoms with van der Waals surface area (Å²) < 4.78 is 5.25. The Bertz CT molecular complexity index is 764. The van der Waals surface area contributed by atoms with Crippen molar-refractivity contribution >= 4 is 5.91 Å². The van der Waals surface area contributed by atoms with Gasteiger partial charge in [0.2, 0.25) is 0 Å². The lowest BCUT2D eigenvalue weighted by Crippen LogP contribution is -2.49. The third-order valence-corrected chi connectivity index (χ3v) is 4.43. The molecule has 0 bridgehead atoms. The molecule has 2 aromatic rings. The standard InChI is InChI=1S/C19H20N4O2/c1-25-17-4-2-3-16(13-17)18(14-20)22-9-11-23(12-10-22)19(24)15-5-7-21-8-6-15/h2-8,13,18H,9-12H2,1H3. The van der Waals surface area contributed by atoms with Crippen molar-refractivity contribution in [2.75, 3.05) is 33.3 Å². The highest BCUT2D eigenvalue weighted by molar-refractivity contribution is 5.94. The Morgan fingerprint density at radius 1 is 1.20 bits per heavy atom. The molecule has 0 spiro atoms. The summed E-state index contributed by atoms with van der Waals surface area (Å²) in [6.45, 7) is 2.52. The molecule has 6 nitrogen and oxygen atoms in total. The van der Waals surface area contributed by atoms with Crippen LogP contribution in [0.5, 0.6) is 5.75 Å². The molecule has 2 heterocycles. The van der Waals surface area contributed by atoms with E-state index in [2.05, 4.69) is 16.0 Å². The van der Waals surface area contributed by atoms with Gasteiger partial charge in [0.1, 0.15) is 11.8 Å².